The first-order valence-electron chi connectivity index (χ1n) is 5.59. The lowest BCUT2D eigenvalue weighted by Gasteiger charge is -2.17. The third kappa shape index (κ3) is 2.08. The Kier molecular flexibility index (Phi) is 3.32. The van der Waals surface area contributed by atoms with Crippen molar-refractivity contribution in [2.45, 2.75) is 19.1 Å². The standard InChI is InChI=1S/C14H14O4/c1-8-6-7-11(12(15)13(16)14(17)18)10-5-3-2-4-9(8)10/h2-7,12-13,15-16H,1H3,(H,17,18). The van der Waals surface area contributed by atoms with E-state index in [1.54, 1.807) is 18.2 Å². The molecule has 0 aromatic heterocycles. The SMILES string of the molecule is Cc1ccc(C(O)C(O)C(=O)O)c2ccccc12. The Labute approximate surface area is 104 Å². The van der Waals surface area contributed by atoms with Gasteiger partial charge in [-0.3, -0.25) is 0 Å². The highest BCUT2D eigenvalue weighted by molar-refractivity contribution is 5.89. The fraction of sp³-hybridized carbons (Fsp3) is 0.214. The van der Waals surface area contributed by atoms with Crippen LogP contribution in [0.2, 0.25) is 0 Å². The zero-order valence-electron chi connectivity index (χ0n) is 9.87. The number of hydrogen-bond donors (Lipinski definition) is 3. The van der Waals surface area contributed by atoms with Crippen molar-refractivity contribution in [1.29, 1.82) is 0 Å². The highest BCUT2D eigenvalue weighted by Crippen LogP contribution is 2.28. The molecule has 0 heterocycles. The summed E-state index contributed by atoms with van der Waals surface area (Å²) in [6.07, 6.45) is -3.26. The van der Waals surface area contributed by atoms with E-state index in [0.717, 1.165) is 16.3 Å². The van der Waals surface area contributed by atoms with Gasteiger partial charge in [0.15, 0.2) is 6.10 Å². The normalized spacial score (nSPS) is 14.4. The summed E-state index contributed by atoms with van der Waals surface area (Å²) in [5.41, 5.74) is 1.46. The maximum absolute atomic E-state index is 10.7. The number of aliphatic carboxylic acids is 1. The van der Waals surface area contributed by atoms with Gasteiger partial charge in [0.1, 0.15) is 6.10 Å². The Morgan fingerprint density at radius 2 is 1.67 bits per heavy atom. The van der Waals surface area contributed by atoms with Gasteiger partial charge in [-0.15, -0.1) is 0 Å². The summed E-state index contributed by atoms with van der Waals surface area (Å²) in [6.45, 7) is 1.94. The van der Waals surface area contributed by atoms with Crippen LogP contribution in [0.4, 0.5) is 0 Å². The van der Waals surface area contributed by atoms with Crippen LogP contribution in [-0.2, 0) is 4.79 Å². The second-order valence-electron chi connectivity index (χ2n) is 4.25. The van der Waals surface area contributed by atoms with Gasteiger partial charge in [-0.05, 0) is 28.8 Å². The van der Waals surface area contributed by atoms with Crippen molar-refractivity contribution in [1.82, 2.24) is 0 Å². The molecule has 0 aliphatic carbocycles. The smallest absolute Gasteiger partial charge is 0.335 e. The number of aliphatic hydroxyl groups excluding tert-OH is 2. The molecule has 2 rings (SSSR count). The van der Waals surface area contributed by atoms with E-state index in [1.807, 2.05) is 25.1 Å². The van der Waals surface area contributed by atoms with Crippen LogP contribution in [0, 0.1) is 6.92 Å². The summed E-state index contributed by atoms with van der Waals surface area (Å²) in [5.74, 6) is -1.44. The Balaban J connectivity index is 2.58. The summed E-state index contributed by atoms with van der Waals surface area (Å²) in [7, 11) is 0. The molecule has 18 heavy (non-hydrogen) atoms. The highest BCUT2D eigenvalue weighted by atomic mass is 16.4. The third-order valence-electron chi connectivity index (χ3n) is 3.05. The van der Waals surface area contributed by atoms with Crippen LogP contribution in [0.15, 0.2) is 36.4 Å². The number of aliphatic hydroxyl groups is 2. The summed E-state index contributed by atoms with van der Waals surface area (Å²) in [6, 6.07) is 10.8. The molecule has 2 atom stereocenters. The van der Waals surface area contributed by atoms with Crippen molar-refractivity contribution in [3.63, 3.8) is 0 Å². The lowest BCUT2D eigenvalue weighted by atomic mass is 9.95. The summed E-state index contributed by atoms with van der Waals surface area (Å²) >= 11 is 0. The van der Waals surface area contributed by atoms with E-state index in [0.29, 0.717) is 5.56 Å². The Morgan fingerprint density at radius 1 is 1.06 bits per heavy atom. The van der Waals surface area contributed by atoms with E-state index in [-0.39, 0.29) is 0 Å². The quantitative estimate of drug-likeness (QED) is 0.769. The molecule has 0 spiro atoms. The first-order chi connectivity index (χ1) is 8.52. The van der Waals surface area contributed by atoms with Gasteiger partial charge in [0, 0.05) is 0 Å². The minimum absolute atomic E-state index is 0.422. The van der Waals surface area contributed by atoms with Crippen LogP contribution in [0.25, 0.3) is 10.8 Å². The molecule has 4 nitrogen and oxygen atoms in total. The lowest BCUT2D eigenvalue weighted by molar-refractivity contribution is -0.153. The second-order valence-corrected chi connectivity index (χ2v) is 4.25. The molecule has 0 saturated heterocycles. The molecule has 0 aliphatic rings. The molecule has 4 heteroatoms. The van der Waals surface area contributed by atoms with Crippen LogP contribution in [0.5, 0.6) is 0 Å². The van der Waals surface area contributed by atoms with Gasteiger partial charge >= 0.3 is 5.97 Å². The maximum Gasteiger partial charge on any atom is 0.335 e. The molecule has 2 unspecified atom stereocenters. The molecule has 0 aliphatic heterocycles. The summed E-state index contributed by atoms with van der Waals surface area (Å²) < 4.78 is 0. The van der Waals surface area contributed by atoms with Gasteiger partial charge in [-0.25, -0.2) is 4.79 Å². The van der Waals surface area contributed by atoms with Crippen LogP contribution >= 0.6 is 0 Å². The maximum atomic E-state index is 10.7. The van der Waals surface area contributed by atoms with E-state index < -0.39 is 18.2 Å². The zero-order chi connectivity index (χ0) is 13.3. The van der Waals surface area contributed by atoms with E-state index >= 15 is 0 Å². The molecule has 0 saturated carbocycles. The van der Waals surface area contributed by atoms with Gasteiger partial charge in [0.05, 0.1) is 0 Å². The van der Waals surface area contributed by atoms with Crippen molar-refractivity contribution in [3.8, 4) is 0 Å². The average Bonchev–Trinajstić information content (AvgIpc) is 2.38. The van der Waals surface area contributed by atoms with Crippen molar-refractivity contribution in [3.05, 3.63) is 47.5 Å². The molecule has 94 valence electrons. The predicted molar refractivity (Wildman–Crippen MR) is 67.3 cm³/mol. The molecule has 0 bridgehead atoms. The number of carboxylic acids is 1. The minimum Gasteiger partial charge on any atom is -0.479 e. The van der Waals surface area contributed by atoms with Gasteiger partial charge in [-0.2, -0.15) is 0 Å². The third-order valence-corrected chi connectivity index (χ3v) is 3.05. The van der Waals surface area contributed by atoms with Gasteiger partial charge in [0.2, 0.25) is 0 Å². The van der Waals surface area contributed by atoms with E-state index in [4.69, 9.17) is 5.11 Å². The highest BCUT2D eigenvalue weighted by Gasteiger charge is 2.26. The summed E-state index contributed by atoms with van der Waals surface area (Å²) in [4.78, 5) is 10.7. The minimum atomic E-state index is -1.82. The van der Waals surface area contributed by atoms with E-state index in [1.165, 1.54) is 0 Å². The first-order valence-corrected chi connectivity index (χ1v) is 5.59. The van der Waals surface area contributed by atoms with Crippen molar-refractivity contribution < 1.29 is 20.1 Å². The van der Waals surface area contributed by atoms with E-state index in [2.05, 4.69) is 0 Å². The number of fused-ring (bicyclic) bond motifs is 1. The number of carbonyl (C=O) groups is 1. The average molecular weight is 246 g/mol. The Hall–Kier alpha value is -1.91. The number of benzene rings is 2. The van der Waals surface area contributed by atoms with Crippen LogP contribution in [0.3, 0.4) is 0 Å². The monoisotopic (exact) mass is 246 g/mol. The largest absolute Gasteiger partial charge is 0.479 e. The molecule has 0 amide bonds. The Morgan fingerprint density at radius 3 is 2.28 bits per heavy atom. The second kappa shape index (κ2) is 4.76. The molecule has 2 aromatic carbocycles. The molecule has 2 aromatic rings. The molecule has 0 radical (unpaired) electrons. The van der Waals surface area contributed by atoms with Gasteiger partial charge in [-0.1, -0.05) is 36.4 Å². The number of aryl methyl sites for hydroxylation is 1. The zero-order valence-corrected chi connectivity index (χ0v) is 9.87. The van der Waals surface area contributed by atoms with Crippen LogP contribution in [-0.4, -0.2) is 27.4 Å². The van der Waals surface area contributed by atoms with Crippen molar-refractivity contribution in [2.75, 3.05) is 0 Å². The fourth-order valence-electron chi connectivity index (χ4n) is 2.04. The fourth-order valence-corrected chi connectivity index (χ4v) is 2.04. The first kappa shape index (κ1) is 12.5. The van der Waals surface area contributed by atoms with E-state index in [9.17, 15) is 15.0 Å². The molecular weight excluding hydrogens is 232 g/mol. The topological polar surface area (TPSA) is 77.8 Å². The van der Waals surface area contributed by atoms with Gasteiger partial charge < -0.3 is 15.3 Å². The van der Waals surface area contributed by atoms with Crippen LogP contribution in [0.1, 0.15) is 17.2 Å². The number of carboxylic acid groups (broad SMARTS) is 1. The molecule has 0 fully saturated rings. The molecular formula is C14H14O4. The van der Waals surface area contributed by atoms with Crippen molar-refractivity contribution >= 4 is 16.7 Å². The molecule has 3 N–H and O–H groups in total. The van der Waals surface area contributed by atoms with Gasteiger partial charge in [0.25, 0.3) is 0 Å². The Bertz CT molecular complexity index is 591. The van der Waals surface area contributed by atoms with Crippen molar-refractivity contribution in [2.24, 2.45) is 0 Å². The summed E-state index contributed by atoms with van der Waals surface area (Å²) in [5, 5.41) is 29.8. The number of hydrogen-bond acceptors (Lipinski definition) is 3. The lowest BCUT2D eigenvalue weighted by Crippen LogP contribution is -2.27. The number of rotatable bonds is 3. The predicted octanol–water partition coefficient (Wildman–Crippen LogP) is 1.63. The van der Waals surface area contributed by atoms with Crippen LogP contribution < -0.4 is 0 Å².